The SMILES string of the molecule is N#Cc1ccccc1NC(=O)c1n[nH]c(C2CC2)c1N. The highest BCUT2D eigenvalue weighted by atomic mass is 16.2. The van der Waals surface area contributed by atoms with Crippen molar-refractivity contribution >= 4 is 17.3 Å². The van der Waals surface area contributed by atoms with E-state index in [4.69, 9.17) is 11.0 Å². The van der Waals surface area contributed by atoms with Gasteiger partial charge in [0.15, 0.2) is 5.69 Å². The van der Waals surface area contributed by atoms with Crippen LogP contribution in [-0.4, -0.2) is 16.1 Å². The number of nitrogens with one attached hydrogen (secondary N) is 2. The van der Waals surface area contributed by atoms with Crippen molar-refractivity contribution in [2.24, 2.45) is 0 Å². The van der Waals surface area contributed by atoms with Crippen LogP contribution in [0, 0.1) is 11.3 Å². The Bertz CT molecular complexity index is 709. The summed E-state index contributed by atoms with van der Waals surface area (Å²) in [7, 11) is 0. The Morgan fingerprint density at radius 1 is 1.45 bits per heavy atom. The second-order valence-corrected chi connectivity index (χ2v) is 4.79. The first-order chi connectivity index (χ1) is 9.70. The van der Waals surface area contributed by atoms with Crippen molar-refractivity contribution in [1.29, 1.82) is 5.26 Å². The molecule has 0 unspecified atom stereocenters. The normalized spacial score (nSPS) is 13.8. The maximum atomic E-state index is 12.2. The lowest BCUT2D eigenvalue weighted by atomic mass is 10.2. The largest absolute Gasteiger partial charge is 0.395 e. The molecule has 0 radical (unpaired) electrons. The lowest BCUT2D eigenvalue weighted by Gasteiger charge is -2.05. The van der Waals surface area contributed by atoms with Gasteiger partial charge in [-0.15, -0.1) is 0 Å². The maximum Gasteiger partial charge on any atom is 0.278 e. The van der Waals surface area contributed by atoms with Gasteiger partial charge in [-0.05, 0) is 25.0 Å². The number of nitrogens with two attached hydrogens (primary N) is 1. The Labute approximate surface area is 115 Å². The molecule has 1 aromatic carbocycles. The number of aromatic amines is 1. The number of amides is 1. The van der Waals surface area contributed by atoms with Crippen molar-refractivity contribution in [3.05, 3.63) is 41.2 Å². The van der Waals surface area contributed by atoms with E-state index in [9.17, 15) is 4.79 Å². The number of H-pyrrole nitrogens is 1. The summed E-state index contributed by atoms with van der Waals surface area (Å²) in [5.41, 5.74) is 8.22. The molecule has 0 atom stereocenters. The van der Waals surface area contributed by atoms with Crippen molar-refractivity contribution in [2.75, 3.05) is 11.1 Å². The van der Waals surface area contributed by atoms with Gasteiger partial charge in [0.2, 0.25) is 0 Å². The number of nitrogens with zero attached hydrogens (tertiary/aromatic N) is 2. The summed E-state index contributed by atoms with van der Waals surface area (Å²) >= 11 is 0. The van der Waals surface area contributed by atoms with Crippen LogP contribution < -0.4 is 11.1 Å². The zero-order valence-electron chi connectivity index (χ0n) is 10.7. The van der Waals surface area contributed by atoms with Gasteiger partial charge in [-0.2, -0.15) is 10.4 Å². The van der Waals surface area contributed by atoms with Gasteiger partial charge in [0.05, 0.1) is 22.6 Å². The Morgan fingerprint density at radius 3 is 2.90 bits per heavy atom. The van der Waals surface area contributed by atoms with E-state index in [-0.39, 0.29) is 5.69 Å². The van der Waals surface area contributed by atoms with Crippen molar-refractivity contribution in [2.45, 2.75) is 18.8 Å². The van der Waals surface area contributed by atoms with Crippen LogP contribution in [0.3, 0.4) is 0 Å². The van der Waals surface area contributed by atoms with Crippen LogP contribution in [-0.2, 0) is 0 Å². The average molecular weight is 267 g/mol. The number of nitrogen functional groups attached to an aromatic ring is 1. The average Bonchev–Trinajstić information content (AvgIpc) is 3.22. The standard InChI is InChI=1S/C14H13N5O/c15-7-9-3-1-2-4-10(9)17-14(20)13-11(16)12(18-19-13)8-5-6-8/h1-4,8H,5-6,16H2,(H,17,20)(H,18,19). The molecule has 0 bridgehead atoms. The Morgan fingerprint density at radius 2 is 2.20 bits per heavy atom. The Kier molecular flexibility index (Phi) is 2.88. The molecular formula is C14H13N5O. The van der Waals surface area contributed by atoms with Gasteiger partial charge in [0.1, 0.15) is 6.07 Å². The predicted octanol–water partition coefficient (Wildman–Crippen LogP) is 1.99. The molecule has 1 heterocycles. The first-order valence-electron chi connectivity index (χ1n) is 6.35. The van der Waals surface area contributed by atoms with E-state index in [1.165, 1.54) is 0 Å². The summed E-state index contributed by atoms with van der Waals surface area (Å²) in [5.74, 6) is -0.0104. The van der Waals surface area contributed by atoms with E-state index in [1.54, 1.807) is 24.3 Å². The van der Waals surface area contributed by atoms with E-state index in [0.717, 1.165) is 18.5 Å². The highest BCUT2D eigenvalue weighted by molar-refractivity contribution is 6.07. The molecule has 6 nitrogen and oxygen atoms in total. The molecule has 4 N–H and O–H groups in total. The lowest BCUT2D eigenvalue weighted by molar-refractivity contribution is 0.102. The van der Waals surface area contributed by atoms with Crippen LogP contribution in [0.4, 0.5) is 11.4 Å². The number of anilines is 2. The fraction of sp³-hybridized carbons (Fsp3) is 0.214. The molecule has 2 aromatic rings. The molecule has 1 saturated carbocycles. The molecule has 1 aliphatic carbocycles. The van der Waals surface area contributed by atoms with Crippen LogP contribution in [0.5, 0.6) is 0 Å². The summed E-state index contributed by atoms with van der Waals surface area (Å²) in [6.07, 6.45) is 2.15. The van der Waals surface area contributed by atoms with Crippen LogP contribution in [0.2, 0.25) is 0 Å². The molecule has 1 aliphatic rings. The van der Waals surface area contributed by atoms with Crippen LogP contribution in [0.25, 0.3) is 0 Å². The topological polar surface area (TPSA) is 108 Å². The number of benzene rings is 1. The third-order valence-corrected chi connectivity index (χ3v) is 3.33. The minimum Gasteiger partial charge on any atom is -0.395 e. The molecule has 0 aliphatic heterocycles. The highest BCUT2D eigenvalue weighted by Crippen LogP contribution is 2.42. The first-order valence-corrected chi connectivity index (χ1v) is 6.35. The first kappa shape index (κ1) is 12.2. The molecule has 100 valence electrons. The zero-order valence-corrected chi connectivity index (χ0v) is 10.7. The number of hydrogen-bond acceptors (Lipinski definition) is 4. The molecule has 0 saturated heterocycles. The van der Waals surface area contributed by atoms with Crippen molar-refractivity contribution < 1.29 is 4.79 Å². The molecule has 6 heteroatoms. The van der Waals surface area contributed by atoms with Crippen LogP contribution >= 0.6 is 0 Å². The van der Waals surface area contributed by atoms with Gasteiger partial charge < -0.3 is 11.1 Å². The number of carbonyl (C=O) groups excluding carboxylic acids is 1. The fourth-order valence-electron chi connectivity index (χ4n) is 2.09. The highest BCUT2D eigenvalue weighted by Gasteiger charge is 2.30. The van der Waals surface area contributed by atoms with E-state index in [1.807, 2.05) is 6.07 Å². The minimum atomic E-state index is -0.409. The molecule has 1 amide bonds. The zero-order chi connectivity index (χ0) is 14.1. The summed E-state index contributed by atoms with van der Waals surface area (Å²) in [4.78, 5) is 12.2. The fourth-order valence-corrected chi connectivity index (χ4v) is 2.09. The maximum absolute atomic E-state index is 12.2. The minimum absolute atomic E-state index is 0.180. The number of para-hydroxylation sites is 1. The Hall–Kier alpha value is -2.81. The van der Waals surface area contributed by atoms with Crippen LogP contribution in [0.15, 0.2) is 24.3 Å². The molecule has 1 fully saturated rings. The quantitative estimate of drug-likeness (QED) is 0.790. The lowest BCUT2D eigenvalue weighted by Crippen LogP contribution is -2.15. The van der Waals surface area contributed by atoms with Gasteiger partial charge in [-0.3, -0.25) is 9.89 Å². The van der Waals surface area contributed by atoms with Gasteiger partial charge >= 0.3 is 0 Å². The van der Waals surface area contributed by atoms with Crippen molar-refractivity contribution in [1.82, 2.24) is 10.2 Å². The smallest absolute Gasteiger partial charge is 0.278 e. The summed E-state index contributed by atoms with van der Waals surface area (Å²) < 4.78 is 0. The predicted molar refractivity (Wildman–Crippen MR) is 74.1 cm³/mol. The number of carbonyl (C=O) groups is 1. The number of nitriles is 1. The third kappa shape index (κ3) is 2.10. The van der Waals surface area contributed by atoms with Crippen molar-refractivity contribution in [3.8, 4) is 6.07 Å². The number of rotatable bonds is 3. The molecule has 1 aromatic heterocycles. The summed E-state index contributed by atoms with van der Waals surface area (Å²) in [6.45, 7) is 0. The molecule has 3 rings (SSSR count). The third-order valence-electron chi connectivity index (χ3n) is 3.33. The van der Waals surface area contributed by atoms with Gasteiger partial charge in [0.25, 0.3) is 5.91 Å². The van der Waals surface area contributed by atoms with Gasteiger partial charge in [-0.25, -0.2) is 0 Å². The Balaban J connectivity index is 1.85. The second-order valence-electron chi connectivity index (χ2n) is 4.79. The van der Waals surface area contributed by atoms with Gasteiger partial charge in [-0.1, -0.05) is 12.1 Å². The van der Waals surface area contributed by atoms with Gasteiger partial charge in [0, 0.05) is 5.92 Å². The van der Waals surface area contributed by atoms with Crippen molar-refractivity contribution in [3.63, 3.8) is 0 Å². The van der Waals surface area contributed by atoms with Crippen LogP contribution in [0.1, 0.15) is 40.5 Å². The number of aromatic nitrogens is 2. The monoisotopic (exact) mass is 267 g/mol. The van der Waals surface area contributed by atoms with E-state index in [2.05, 4.69) is 15.5 Å². The summed E-state index contributed by atoms with van der Waals surface area (Å²) in [6, 6.07) is 8.82. The number of hydrogen-bond donors (Lipinski definition) is 3. The van der Waals surface area contributed by atoms with E-state index >= 15 is 0 Å². The van der Waals surface area contributed by atoms with E-state index < -0.39 is 5.91 Å². The van der Waals surface area contributed by atoms with E-state index in [0.29, 0.717) is 22.9 Å². The second kappa shape index (κ2) is 4.70. The molecule has 0 spiro atoms. The molecule has 20 heavy (non-hydrogen) atoms. The molecular weight excluding hydrogens is 254 g/mol. The summed E-state index contributed by atoms with van der Waals surface area (Å²) in [5, 5.41) is 18.5.